The molecule has 136 valence electrons. The zero-order valence-electron chi connectivity index (χ0n) is 14.6. The number of nitrogens with zero attached hydrogens (tertiary/aromatic N) is 3. The van der Waals surface area contributed by atoms with Gasteiger partial charge in [0, 0.05) is 40.2 Å². The van der Waals surface area contributed by atoms with Crippen LogP contribution < -0.4 is 4.74 Å². The lowest BCUT2D eigenvalue weighted by atomic mass is 10.0. The predicted octanol–water partition coefficient (Wildman–Crippen LogP) is 4.05. The van der Waals surface area contributed by atoms with E-state index in [-0.39, 0.29) is 6.61 Å². The van der Waals surface area contributed by atoms with Crippen LogP contribution in [0.25, 0.3) is 22.2 Å². The number of H-pyrrole nitrogens is 1. The molecule has 0 amide bonds. The Hall–Kier alpha value is -2.96. The number of benzene rings is 1. The monoisotopic (exact) mass is 380 g/mol. The molecule has 0 spiro atoms. The lowest BCUT2D eigenvalue weighted by Gasteiger charge is -2.13. The van der Waals surface area contributed by atoms with Gasteiger partial charge in [0.15, 0.2) is 0 Å². The molecule has 0 aliphatic rings. The molecule has 0 aliphatic carbocycles. The minimum absolute atomic E-state index is 0.0929. The number of aryl methyl sites for hydroxylation is 1. The fourth-order valence-electron chi connectivity index (χ4n) is 3.01. The fraction of sp³-hybridized carbons (Fsp3) is 0.150. The summed E-state index contributed by atoms with van der Waals surface area (Å²) in [6, 6.07) is 9.47. The third-order valence-corrected chi connectivity index (χ3v) is 4.68. The average molecular weight is 381 g/mol. The standard InChI is InChI=1S/C20H17ClN4O2/c1-12-7-16(19-13(10-26)9-23-25-19)15-3-2-4-18(20(15)24-12)27-11-14-8-22-6-5-17(14)21/h2-9,26H,10-11H2,1H3,(H,23,25). The van der Waals surface area contributed by atoms with Crippen LogP contribution in [0, 0.1) is 6.92 Å². The largest absolute Gasteiger partial charge is 0.487 e. The Morgan fingerprint density at radius 3 is 2.89 bits per heavy atom. The maximum Gasteiger partial charge on any atom is 0.146 e. The zero-order valence-corrected chi connectivity index (χ0v) is 15.4. The van der Waals surface area contributed by atoms with Crippen LogP contribution in [0.1, 0.15) is 16.8 Å². The summed E-state index contributed by atoms with van der Waals surface area (Å²) in [6.45, 7) is 2.12. The molecule has 1 aromatic carbocycles. The average Bonchev–Trinajstić information content (AvgIpc) is 3.15. The summed E-state index contributed by atoms with van der Waals surface area (Å²) in [5.74, 6) is 0.655. The van der Waals surface area contributed by atoms with Crippen LogP contribution in [0.4, 0.5) is 0 Å². The number of aromatic nitrogens is 4. The molecule has 7 heteroatoms. The first-order valence-electron chi connectivity index (χ1n) is 8.42. The second-order valence-electron chi connectivity index (χ2n) is 6.15. The number of rotatable bonds is 5. The Bertz CT molecular complexity index is 1110. The van der Waals surface area contributed by atoms with Crippen molar-refractivity contribution in [3.63, 3.8) is 0 Å². The fourth-order valence-corrected chi connectivity index (χ4v) is 3.17. The Morgan fingerprint density at radius 2 is 2.07 bits per heavy atom. The van der Waals surface area contributed by atoms with Gasteiger partial charge in [-0.1, -0.05) is 23.7 Å². The highest BCUT2D eigenvalue weighted by atomic mass is 35.5. The van der Waals surface area contributed by atoms with E-state index in [9.17, 15) is 5.11 Å². The highest BCUT2D eigenvalue weighted by Crippen LogP contribution is 2.34. The number of para-hydroxylation sites is 1. The summed E-state index contributed by atoms with van der Waals surface area (Å²) >= 11 is 6.19. The van der Waals surface area contributed by atoms with E-state index >= 15 is 0 Å². The molecule has 6 nitrogen and oxygen atoms in total. The van der Waals surface area contributed by atoms with Gasteiger partial charge in [-0.3, -0.25) is 10.1 Å². The van der Waals surface area contributed by atoms with Gasteiger partial charge in [-0.2, -0.15) is 5.10 Å². The number of ether oxygens (including phenoxy) is 1. The molecule has 0 saturated carbocycles. The van der Waals surface area contributed by atoms with Crippen LogP contribution in [-0.4, -0.2) is 25.3 Å². The molecule has 0 saturated heterocycles. The third kappa shape index (κ3) is 3.37. The molecule has 0 unspecified atom stereocenters. The Labute approximate surface area is 160 Å². The molecule has 27 heavy (non-hydrogen) atoms. The molecule has 0 aliphatic heterocycles. The topological polar surface area (TPSA) is 83.9 Å². The van der Waals surface area contributed by atoms with Crippen molar-refractivity contribution in [2.45, 2.75) is 20.1 Å². The van der Waals surface area contributed by atoms with Crippen molar-refractivity contribution in [2.75, 3.05) is 0 Å². The van der Waals surface area contributed by atoms with Gasteiger partial charge in [-0.15, -0.1) is 0 Å². The number of aliphatic hydroxyl groups excluding tert-OH is 1. The molecule has 4 rings (SSSR count). The van der Waals surface area contributed by atoms with Gasteiger partial charge in [0.1, 0.15) is 17.9 Å². The van der Waals surface area contributed by atoms with Gasteiger partial charge in [-0.05, 0) is 25.1 Å². The summed E-state index contributed by atoms with van der Waals surface area (Å²) in [5, 5.41) is 18.1. The first-order valence-corrected chi connectivity index (χ1v) is 8.80. The molecule has 4 aromatic rings. The van der Waals surface area contributed by atoms with Crippen molar-refractivity contribution >= 4 is 22.5 Å². The van der Waals surface area contributed by atoms with E-state index in [1.165, 1.54) is 0 Å². The van der Waals surface area contributed by atoms with Gasteiger partial charge in [0.25, 0.3) is 0 Å². The van der Waals surface area contributed by atoms with Crippen molar-refractivity contribution in [1.29, 1.82) is 0 Å². The van der Waals surface area contributed by atoms with Gasteiger partial charge in [0.05, 0.1) is 23.5 Å². The van der Waals surface area contributed by atoms with Crippen molar-refractivity contribution < 1.29 is 9.84 Å². The van der Waals surface area contributed by atoms with Crippen molar-refractivity contribution in [1.82, 2.24) is 20.2 Å². The number of hydrogen-bond donors (Lipinski definition) is 2. The highest BCUT2D eigenvalue weighted by molar-refractivity contribution is 6.31. The molecule has 0 bridgehead atoms. The number of hydrogen-bond acceptors (Lipinski definition) is 5. The summed E-state index contributed by atoms with van der Waals surface area (Å²) in [7, 11) is 0. The molecule has 0 atom stereocenters. The van der Waals surface area contributed by atoms with Gasteiger partial charge < -0.3 is 9.84 Å². The second kappa shape index (κ2) is 7.34. The van der Waals surface area contributed by atoms with E-state index in [2.05, 4.69) is 20.2 Å². The first kappa shape index (κ1) is 17.5. The van der Waals surface area contributed by atoms with Gasteiger partial charge in [0.2, 0.25) is 0 Å². The van der Waals surface area contributed by atoms with Crippen LogP contribution in [0.15, 0.2) is 48.9 Å². The van der Waals surface area contributed by atoms with E-state index in [0.717, 1.165) is 39.0 Å². The normalized spacial score (nSPS) is 11.1. The summed E-state index contributed by atoms with van der Waals surface area (Å²) < 4.78 is 6.01. The number of aromatic amines is 1. The quantitative estimate of drug-likeness (QED) is 0.545. The number of pyridine rings is 2. The van der Waals surface area contributed by atoms with Crippen molar-refractivity contribution in [3.8, 4) is 17.0 Å². The maximum absolute atomic E-state index is 9.58. The molecular weight excluding hydrogens is 364 g/mol. The van der Waals surface area contributed by atoms with Gasteiger partial charge in [-0.25, -0.2) is 4.98 Å². The summed E-state index contributed by atoms with van der Waals surface area (Å²) in [5.41, 5.74) is 4.82. The van der Waals surface area contributed by atoms with Crippen LogP contribution in [0.3, 0.4) is 0 Å². The van der Waals surface area contributed by atoms with Gasteiger partial charge >= 0.3 is 0 Å². The lowest BCUT2D eigenvalue weighted by Crippen LogP contribution is -1.99. The first-order chi connectivity index (χ1) is 13.2. The molecule has 0 radical (unpaired) electrons. The Kier molecular flexibility index (Phi) is 4.75. The van der Waals surface area contributed by atoms with E-state index in [1.807, 2.05) is 31.2 Å². The van der Waals surface area contributed by atoms with E-state index in [1.54, 1.807) is 24.7 Å². The zero-order chi connectivity index (χ0) is 18.8. The summed E-state index contributed by atoms with van der Waals surface area (Å²) in [4.78, 5) is 8.75. The van der Waals surface area contributed by atoms with Crippen LogP contribution >= 0.6 is 11.6 Å². The van der Waals surface area contributed by atoms with Crippen LogP contribution in [0.2, 0.25) is 5.02 Å². The van der Waals surface area contributed by atoms with Crippen LogP contribution in [0.5, 0.6) is 5.75 Å². The molecular formula is C20H17ClN4O2. The predicted molar refractivity (Wildman–Crippen MR) is 104 cm³/mol. The van der Waals surface area contributed by atoms with Crippen LogP contribution in [-0.2, 0) is 13.2 Å². The molecule has 0 fully saturated rings. The molecule has 3 aromatic heterocycles. The Morgan fingerprint density at radius 1 is 1.19 bits per heavy atom. The smallest absolute Gasteiger partial charge is 0.146 e. The lowest BCUT2D eigenvalue weighted by molar-refractivity contribution is 0.282. The second-order valence-corrected chi connectivity index (χ2v) is 6.55. The SMILES string of the molecule is Cc1cc(-c2[nH]ncc2CO)c2cccc(OCc3cnccc3Cl)c2n1. The Balaban J connectivity index is 1.78. The van der Waals surface area contributed by atoms with Crippen molar-refractivity contribution in [3.05, 3.63) is 70.8 Å². The maximum atomic E-state index is 9.58. The summed E-state index contributed by atoms with van der Waals surface area (Å²) in [6.07, 6.45) is 4.96. The minimum atomic E-state index is -0.0929. The minimum Gasteiger partial charge on any atom is -0.487 e. The number of fused-ring (bicyclic) bond motifs is 1. The molecule has 2 N–H and O–H groups in total. The number of halogens is 1. The number of nitrogens with one attached hydrogen (secondary N) is 1. The van der Waals surface area contributed by atoms with E-state index in [4.69, 9.17) is 16.3 Å². The number of aliphatic hydroxyl groups is 1. The highest BCUT2D eigenvalue weighted by Gasteiger charge is 2.15. The van der Waals surface area contributed by atoms with Crippen molar-refractivity contribution in [2.24, 2.45) is 0 Å². The van der Waals surface area contributed by atoms with E-state index in [0.29, 0.717) is 17.4 Å². The van der Waals surface area contributed by atoms with E-state index < -0.39 is 0 Å². The molecule has 3 heterocycles. The third-order valence-electron chi connectivity index (χ3n) is 4.32.